The molecule has 2 N–H and O–H groups in total. The van der Waals surface area contributed by atoms with Crippen LogP contribution in [0.3, 0.4) is 0 Å². The summed E-state index contributed by atoms with van der Waals surface area (Å²) < 4.78 is 1.82. The average molecular weight is 286 g/mol. The molecule has 1 amide bonds. The number of benzene rings is 1. The van der Waals surface area contributed by atoms with Gasteiger partial charge in [-0.05, 0) is 51.5 Å². The maximum Gasteiger partial charge on any atom is 0.256 e. The van der Waals surface area contributed by atoms with Crippen molar-refractivity contribution < 1.29 is 4.79 Å². The zero-order valence-electron chi connectivity index (χ0n) is 13.0. The van der Waals surface area contributed by atoms with Crippen molar-refractivity contribution in [1.82, 2.24) is 9.78 Å². The Bertz CT molecular complexity index is 631. The highest BCUT2D eigenvalue weighted by atomic mass is 16.1. The molecular weight excluding hydrogens is 264 g/mol. The van der Waals surface area contributed by atoms with Crippen LogP contribution in [-0.4, -0.2) is 22.2 Å². The number of nitrogens with one attached hydrogen (secondary N) is 2. The fraction of sp³-hybridized carbons (Fsp3) is 0.375. The second-order valence-electron chi connectivity index (χ2n) is 5.32. The standard InChI is InChI=1S/C16H22N4O/c1-5-17-13-6-7-15(12(4)8-13)16(21)19-14-9-18-20(10-14)11(2)3/h6-11,17H,5H2,1-4H3,(H,19,21). The summed E-state index contributed by atoms with van der Waals surface area (Å²) in [5.74, 6) is -0.112. The zero-order valence-corrected chi connectivity index (χ0v) is 13.0. The van der Waals surface area contributed by atoms with E-state index >= 15 is 0 Å². The number of rotatable bonds is 5. The number of carbonyl (C=O) groups is 1. The molecule has 0 aliphatic rings. The summed E-state index contributed by atoms with van der Waals surface area (Å²) in [6.07, 6.45) is 3.51. The van der Waals surface area contributed by atoms with E-state index in [2.05, 4.69) is 15.7 Å². The summed E-state index contributed by atoms with van der Waals surface area (Å²) in [7, 11) is 0. The van der Waals surface area contributed by atoms with E-state index in [1.807, 2.05) is 56.8 Å². The van der Waals surface area contributed by atoms with Gasteiger partial charge in [-0.1, -0.05) is 0 Å². The van der Waals surface area contributed by atoms with Crippen LogP contribution >= 0.6 is 0 Å². The van der Waals surface area contributed by atoms with Gasteiger partial charge in [-0.25, -0.2) is 0 Å². The first-order valence-corrected chi connectivity index (χ1v) is 7.21. The van der Waals surface area contributed by atoms with Crippen molar-refractivity contribution in [2.75, 3.05) is 17.2 Å². The maximum absolute atomic E-state index is 12.3. The molecular formula is C16H22N4O. The zero-order chi connectivity index (χ0) is 15.4. The van der Waals surface area contributed by atoms with Gasteiger partial charge in [0.15, 0.2) is 0 Å². The minimum absolute atomic E-state index is 0.112. The minimum atomic E-state index is -0.112. The van der Waals surface area contributed by atoms with Crippen molar-refractivity contribution >= 4 is 17.3 Å². The smallest absolute Gasteiger partial charge is 0.256 e. The number of hydrogen-bond donors (Lipinski definition) is 2. The third kappa shape index (κ3) is 3.62. The molecule has 0 bridgehead atoms. The number of hydrogen-bond acceptors (Lipinski definition) is 3. The summed E-state index contributed by atoms with van der Waals surface area (Å²) in [4.78, 5) is 12.3. The predicted molar refractivity (Wildman–Crippen MR) is 85.9 cm³/mol. The van der Waals surface area contributed by atoms with E-state index in [0.717, 1.165) is 17.8 Å². The molecule has 0 saturated carbocycles. The van der Waals surface area contributed by atoms with E-state index in [-0.39, 0.29) is 11.9 Å². The number of carbonyl (C=O) groups excluding carboxylic acids is 1. The Morgan fingerprint density at radius 3 is 2.67 bits per heavy atom. The first kappa shape index (κ1) is 15.1. The molecule has 0 unspecified atom stereocenters. The molecule has 5 heteroatoms. The molecule has 0 radical (unpaired) electrons. The first-order valence-electron chi connectivity index (χ1n) is 7.21. The second kappa shape index (κ2) is 6.43. The Kier molecular flexibility index (Phi) is 4.62. The molecule has 21 heavy (non-hydrogen) atoms. The van der Waals surface area contributed by atoms with Gasteiger partial charge in [-0.2, -0.15) is 5.10 Å². The molecule has 0 saturated heterocycles. The van der Waals surface area contributed by atoms with Crippen LogP contribution in [0.15, 0.2) is 30.6 Å². The summed E-state index contributed by atoms with van der Waals surface area (Å²) in [6, 6.07) is 6.02. The largest absolute Gasteiger partial charge is 0.385 e. The second-order valence-corrected chi connectivity index (χ2v) is 5.32. The van der Waals surface area contributed by atoms with Gasteiger partial charge in [0, 0.05) is 30.0 Å². The first-order chi connectivity index (χ1) is 10.0. The van der Waals surface area contributed by atoms with Crippen molar-refractivity contribution in [3.8, 4) is 0 Å². The molecule has 1 aromatic carbocycles. The Hall–Kier alpha value is -2.30. The van der Waals surface area contributed by atoms with Gasteiger partial charge in [-0.3, -0.25) is 9.48 Å². The van der Waals surface area contributed by atoms with Crippen LogP contribution in [0.4, 0.5) is 11.4 Å². The lowest BCUT2D eigenvalue weighted by molar-refractivity contribution is 0.102. The van der Waals surface area contributed by atoms with E-state index in [9.17, 15) is 4.79 Å². The van der Waals surface area contributed by atoms with Gasteiger partial charge in [0.2, 0.25) is 0 Å². The molecule has 2 rings (SSSR count). The minimum Gasteiger partial charge on any atom is -0.385 e. The van der Waals surface area contributed by atoms with Crippen molar-refractivity contribution in [1.29, 1.82) is 0 Å². The highest BCUT2D eigenvalue weighted by Gasteiger charge is 2.11. The highest BCUT2D eigenvalue weighted by molar-refractivity contribution is 6.05. The van der Waals surface area contributed by atoms with E-state index in [4.69, 9.17) is 0 Å². The maximum atomic E-state index is 12.3. The Balaban J connectivity index is 2.12. The van der Waals surface area contributed by atoms with E-state index < -0.39 is 0 Å². The molecule has 1 aromatic heterocycles. The van der Waals surface area contributed by atoms with Crippen LogP contribution in [0.25, 0.3) is 0 Å². The van der Waals surface area contributed by atoms with Crippen molar-refractivity contribution in [3.05, 3.63) is 41.7 Å². The lowest BCUT2D eigenvalue weighted by atomic mass is 10.1. The van der Waals surface area contributed by atoms with Gasteiger partial charge < -0.3 is 10.6 Å². The van der Waals surface area contributed by atoms with Crippen molar-refractivity contribution in [3.63, 3.8) is 0 Å². The van der Waals surface area contributed by atoms with E-state index in [0.29, 0.717) is 11.3 Å². The normalized spacial score (nSPS) is 10.7. The number of aromatic nitrogens is 2. The van der Waals surface area contributed by atoms with Gasteiger partial charge >= 0.3 is 0 Å². The molecule has 112 valence electrons. The van der Waals surface area contributed by atoms with Crippen LogP contribution in [-0.2, 0) is 0 Å². The molecule has 0 fully saturated rings. The molecule has 5 nitrogen and oxygen atoms in total. The summed E-state index contributed by atoms with van der Waals surface area (Å²) in [6.45, 7) is 8.93. The van der Waals surface area contributed by atoms with Crippen LogP contribution in [0.5, 0.6) is 0 Å². The summed E-state index contributed by atoms with van der Waals surface area (Å²) in [5.41, 5.74) is 3.36. The van der Waals surface area contributed by atoms with Crippen molar-refractivity contribution in [2.24, 2.45) is 0 Å². The van der Waals surface area contributed by atoms with E-state index in [1.54, 1.807) is 6.20 Å². The number of anilines is 2. The lowest BCUT2D eigenvalue weighted by Crippen LogP contribution is -2.13. The fourth-order valence-corrected chi connectivity index (χ4v) is 2.12. The molecule has 0 aliphatic heterocycles. The third-order valence-electron chi connectivity index (χ3n) is 3.24. The third-order valence-corrected chi connectivity index (χ3v) is 3.24. The predicted octanol–water partition coefficient (Wildman–Crippen LogP) is 3.46. The Labute approximate surface area is 125 Å². The van der Waals surface area contributed by atoms with Crippen LogP contribution in [0, 0.1) is 6.92 Å². The van der Waals surface area contributed by atoms with E-state index in [1.165, 1.54) is 0 Å². The monoisotopic (exact) mass is 286 g/mol. The quantitative estimate of drug-likeness (QED) is 0.885. The summed E-state index contributed by atoms with van der Waals surface area (Å²) in [5, 5.41) is 10.3. The molecule has 1 heterocycles. The van der Waals surface area contributed by atoms with Gasteiger partial charge in [0.1, 0.15) is 0 Å². The van der Waals surface area contributed by atoms with Crippen LogP contribution in [0.2, 0.25) is 0 Å². The van der Waals surface area contributed by atoms with Crippen LogP contribution < -0.4 is 10.6 Å². The number of aryl methyl sites for hydroxylation is 1. The topological polar surface area (TPSA) is 59.0 Å². The number of nitrogens with zero attached hydrogens (tertiary/aromatic N) is 2. The lowest BCUT2D eigenvalue weighted by Gasteiger charge is -2.09. The highest BCUT2D eigenvalue weighted by Crippen LogP contribution is 2.17. The molecule has 2 aromatic rings. The fourth-order valence-electron chi connectivity index (χ4n) is 2.12. The van der Waals surface area contributed by atoms with Gasteiger partial charge in [0.25, 0.3) is 5.91 Å². The Morgan fingerprint density at radius 2 is 2.10 bits per heavy atom. The van der Waals surface area contributed by atoms with Gasteiger partial charge in [-0.15, -0.1) is 0 Å². The summed E-state index contributed by atoms with van der Waals surface area (Å²) >= 11 is 0. The van der Waals surface area contributed by atoms with Crippen molar-refractivity contribution in [2.45, 2.75) is 33.7 Å². The molecule has 0 aliphatic carbocycles. The molecule has 0 atom stereocenters. The van der Waals surface area contributed by atoms with Crippen LogP contribution in [0.1, 0.15) is 42.7 Å². The average Bonchev–Trinajstić information content (AvgIpc) is 2.87. The Morgan fingerprint density at radius 1 is 1.33 bits per heavy atom. The number of amides is 1. The molecule has 0 spiro atoms. The van der Waals surface area contributed by atoms with Gasteiger partial charge in [0.05, 0.1) is 11.9 Å². The SMILES string of the molecule is CCNc1ccc(C(=O)Nc2cnn(C(C)C)c2)c(C)c1.